The number of ketones is 1. The molecule has 4 rings (SSSR count). The van der Waals surface area contributed by atoms with Gasteiger partial charge in [-0.3, -0.25) is 14.8 Å². The van der Waals surface area contributed by atoms with Gasteiger partial charge < -0.3 is 0 Å². The van der Waals surface area contributed by atoms with E-state index >= 15 is 4.39 Å². The summed E-state index contributed by atoms with van der Waals surface area (Å²) in [5.41, 5.74) is 3.34. The number of carbonyl (C=O) groups is 1. The zero-order chi connectivity index (χ0) is 19.5. The lowest BCUT2D eigenvalue weighted by molar-refractivity contribution is 0.0993. The van der Waals surface area contributed by atoms with Gasteiger partial charge in [0.15, 0.2) is 12.0 Å². The first-order valence-corrected chi connectivity index (χ1v) is 8.84. The average molecular weight is 372 g/mol. The Balaban J connectivity index is 1.76. The van der Waals surface area contributed by atoms with E-state index in [4.69, 9.17) is 0 Å². The molecule has 0 radical (unpaired) electrons. The molecule has 1 atom stereocenters. The second kappa shape index (κ2) is 7.60. The van der Waals surface area contributed by atoms with Gasteiger partial charge in [-0.2, -0.15) is 0 Å². The van der Waals surface area contributed by atoms with Gasteiger partial charge in [0, 0.05) is 47.0 Å². The summed E-state index contributed by atoms with van der Waals surface area (Å²) >= 11 is 0. The van der Waals surface area contributed by atoms with Crippen LogP contribution in [-0.2, 0) is 6.42 Å². The van der Waals surface area contributed by atoms with E-state index in [-0.39, 0.29) is 12.2 Å². The molecule has 0 saturated carbocycles. The lowest BCUT2D eigenvalue weighted by Crippen LogP contribution is -2.08. The van der Waals surface area contributed by atoms with Crippen LogP contribution in [0.1, 0.15) is 38.9 Å². The molecule has 3 heterocycles. The molecular weight excluding hydrogens is 355 g/mol. The molecule has 0 amide bonds. The van der Waals surface area contributed by atoms with Crippen molar-refractivity contribution in [1.29, 1.82) is 0 Å². The lowest BCUT2D eigenvalue weighted by Gasteiger charge is -2.12. The van der Waals surface area contributed by atoms with Crippen molar-refractivity contribution in [3.05, 3.63) is 95.5 Å². The summed E-state index contributed by atoms with van der Waals surface area (Å²) in [6, 6.07) is 10.6. The van der Waals surface area contributed by atoms with Crippen molar-refractivity contribution >= 4 is 16.7 Å². The predicted molar refractivity (Wildman–Crippen MR) is 104 cm³/mol. The molecule has 1 unspecified atom stereocenters. The number of rotatable bonds is 5. The number of hydrogen-bond donors (Lipinski definition) is 0. The number of Topliss-reactive ketones (excluding diaryl/α,β-unsaturated/α-hetero) is 1. The fraction of sp³-hybridized carbons (Fsp3) is 0.136. The Morgan fingerprint density at radius 3 is 2.61 bits per heavy atom. The van der Waals surface area contributed by atoms with Gasteiger partial charge in [-0.15, -0.1) is 0 Å². The highest BCUT2D eigenvalue weighted by atomic mass is 19.1. The first-order chi connectivity index (χ1) is 13.6. The van der Waals surface area contributed by atoms with Gasteiger partial charge in [0.25, 0.3) is 0 Å². The summed E-state index contributed by atoms with van der Waals surface area (Å²) < 4.78 is 15.1. The third-order valence-corrected chi connectivity index (χ3v) is 4.51. The van der Waals surface area contributed by atoms with Gasteiger partial charge in [-0.1, -0.05) is 12.1 Å². The van der Waals surface area contributed by atoms with E-state index in [9.17, 15) is 4.79 Å². The maximum absolute atomic E-state index is 15.1. The van der Waals surface area contributed by atoms with Crippen LogP contribution in [0.5, 0.6) is 0 Å². The zero-order valence-corrected chi connectivity index (χ0v) is 15.2. The number of fused-ring (bicyclic) bond motifs is 1. The number of hydrogen-bond acceptors (Lipinski definition) is 5. The number of benzene rings is 1. The number of pyridine rings is 2. The quantitative estimate of drug-likeness (QED) is 0.491. The van der Waals surface area contributed by atoms with Crippen molar-refractivity contribution in [2.45, 2.75) is 19.5 Å². The minimum Gasteiger partial charge on any atom is -0.294 e. The number of carbonyl (C=O) groups excluding carboxylic acids is 1. The molecule has 28 heavy (non-hydrogen) atoms. The van der Waals surface area contributed by atoms with Gasteiger partial charge in [0.2, 0.25) is 0 Å². The largest absolute Gasteiger partial charge is 0.294 e. The van der Waals surface area contributed by atoms with Crippen LogP contribution in [0.3, 0.4) is 0 Å². The Hall–Kier alpha value is -3.54. The molecular formula is C22H17FN4O. The van der Waals surface area contributed by atoms with Crippen LogP contribution in [0.2, 0.25) is 0 Å². The summed E-state index contributed by atoms with van der Waals surface area (Å²) in [5.74, 6) is -0.154. The molecule has 5 nitrogen and oxygen atoms in total. The molecule has 1 aromatic carbocycles. The van der Waals surface area contributed by atoms with Crippen molar-refractivity contribution in [3.8, 4) is 0 Å². The molecule has 0 aliphatic heterocycles. The third-order valence-electron chi connectivity index (χ3n) is 4.51. The zero-order valence-electron chi connectivity index (χ0n) is 15.2. The fourth-order valence-corrected chi connectivity index (χ4v) is 3.07. The van der Waals surface area contributed by atoms with E-state index in [1.54, 1.807) is 30.6 Å². The molecule has 0 aliphatic carbocycles. The normalized spacial score (nSPS) is 12.1. The van der Waals surface area contributed by atoms with Gasteiger partial charge >= 0.3 is 0 Å². The van der Waals surface area contributed by atoms with E-state index in [0.29, 0.717) is 33.3 Å². The highest BCUT2D eigenvalue weighted by Gasteiger charge is 2.19. The first kappa shape index (κ1) is 17.9. The molecule has 0 spiro atoms. The molecule has 0 N–H and O–H groups in total. The number of halogens is 1. The second-order valence-electron chi connectivity index (χ2n) is 6.60. The second-order valence-corrected chi connectivity index (χ2v) is 6.60. The molecule has 3 aromatic heterocycles. The number of alkyl halides is 1. The van der Waals surface area contributed by atoms with Crippen LogP contribution in [0.15, 0.2) is 67.5 Å². The molecule has 4 aromatic rings. The highest BCUT2D eigenvalue weighted by Crippen LogP contribution is 2.30. The molecule has 6 heteroatoms. The van der Waals surface area contributed by atoms with E-state index in [2.05, 4.69) is 19.9 Å². The van der Waals surface area contributed by atoms with Crippen molar-refractivity contribution in [2.24, 2.45) is 0 Å². The first-order valence-electron chi connectivity index (χ1n) is 8.84. The van der Waals surface area contributed by atoms with Crippen molar-refractivity contribution in [1.82, 2.24) is 19.9 Å². The van der Waals surface area contributed by atoms with Gasteiger partial charge in [-0.05, 0) is 42.3 Å². The van der Waals surface area contributed by atoms with Crippen LogP contribution in [0.4, 0.5) is 4.39 Å². The summed E-state index contributed by atoms with van der Waals surface area (Å²) in [6.07, 6.45) is 6.26. The topological polar surface area (TPSA) is 68.6 Å². The van der Waals surface area contributed by atoms with E-state index < -0.39 is 6.17 Å². The van der Waals surface area contributed by atoms with Crippen molar-refractivity contribution < 1.29 is 9.18 Å². The molecule has 0 aliphatic rings. The minimum atomic E-state index is -1.44. The van der Waals surface area contributed by atoms with E-state index in [1.165, 1.54) is 18.7 Å². The summed E-state index contributed by atoms with van der Waals surface area (Å²) in [4.78, 5) is 29.4. The van der Waals surface area contributed by atoms with Gasteiger partial charge in [0.05, 0.1) is 11.9 Å². The highest BCUT2D eigenvalue weighted by molar-refractivity contribution is 6.07. The fourth-order valence-electron chi connectivity index (χ4n) is 3.07. The Bertz CT molecular complexity index is 1130. The van der Waals surface area contributed by atoms with E-state index in [1.807, 2.05) is 25.1 Å². The lowest BCUT2D eigenvalue weighted by atomic mass is 9.96. The SMILES string of the molecule is Cc1ccc(CC(=O)c2cc(C(F)c3cncnc3)cc3cccnc23)nc1. The van der Waals surface area contributed by atoms with Crippen LogP contribution in [0, 0.1) is 6.92 Å². The van der Waals surface area contributed by atoms with Crippen LogP contribution >= 0.6 is 0 Å². The predicted octanol–water partition coefficient (Wildman–Crippen LogP) is 4.21. The maximum Gasteiger partial charge on any atom is 0.171 e. The van der Waals surface area contributed by atoms with Crippen molar-refractivity contribution in [2.75, 3.05) is 0 Å². The molecule has 138 valence electrons. The number of nitrogens with zero attached hydrogens (tertiary/aromatic N) is 4. The smallest absolute Gasteiger partial charge is 0.171 e. The maximum atomic E-state index is 15.1. The number of aromatic nitrogens is 4. The Morgan fingerprint density at radius 2 is 1.86 bits per heavy atom. The molecule has 0 fully saturated rings. The third kappa shape index (κ3) is 3.62. The standard InChI is InChI=1S/C22H17FN4O/c1-14-4-5-18(27-10-14)9-20(28)19-8-16(7-15-3-2-6-26-22(15)19)21(23)17-11-24-13-25-12-17/h2-8,10-13,21H,9H2,1H3. The average Bonchev–Trinajstić information content (AvgIpc) is 2.74. The summed E-state index contributed by atoms with van der Waals surface area (Å²) in [6.45, 7) is 1.94. The summed E-state index contributed by atoms with van der Waals surface area (Å²) in [5, 5.41) is 0.708. The monoisotopic (exact) mass is 372 g/mol. The van der Waals surface area contributed by atoms with Crippen molar-refractivity contribution in [3.63, 3.8) is 0 Å². The van der Waals surface area contributed by atoms with E-state index in [0.717, 1.165) is 5.56 Å². The minimum absolute atomic E-state index is 0.126. The Labute approximate surface area is 161 Å². The number of aryl methyl sites for hydroxylation is 1. The van der Waals surface area contributed by atoms with Gasteiger partial charge in [0.1, 0.15) is 6.33 Å². The van der Waals surface area contributed by atoms with Crippen LogP contribution in [0.25, 0.3) is 10.9 Å². The van der Waals surface area contributed by atoms with Crippen LogP contribution in [-0.4, -0.2) is 25.7 Å². The Morgan fingerprint density at radius 1 is 1.04 bits per heavy atom. The van der Waals surface area contributed by atoms with Crippen LogP contribution < -0.4 is 0 Å². The molecule has 0 bridgehead atoms. The Kier molecular flexibility index (Phi) is 4.85. The summed E-state index contributed by atoms with van der Waals surface area (Å²) in [7, 11) is 0. The van der Waals surface area contributed by atoms with Gasteiger partial charge in [-0.25, -0.2) is 14.4 Å². The molecule has 0 saturated heterocycles.